The van der Waals surface area contributed by atoms with Crippen molar-refractivity contribution >= 4 is 5.91 Å². The van der Waals surface area contributed by atoms with Gasteiger partial charge in [-0.05, 0) is 31.2 Å². The van der Waals surface area contributed by atoms with Gasteiger partial charge in [-0.3, -0.25) is 19.5 Å². The summed E-state index contributed by atoms with van der Waals surface area (Å²) in [6, 6.07) is 11.0. The zero-order valence-electron chi connectivity index (χ0n) is 21.3. The number of piperazine rings is 1. The van der Waals surface area contributed by atoms with Gasteiger partial charge >= 0.3 is 12.1 Å². The van der Waals surface area contributed by atoms with Crippen LogP contribution in [0.4, 0.5) is 13.2 Å². The van der Waals surface area contributed by atoms with Gasteiger partial charge in [0.25, 0.3) is 0 Å². The van der Waals surface area contributed by atoms with Crippen LogP contribution in [-0.2, 0) is 11.3 Å². The minimum Gasteiger partial charge on any atom is -0.346 e. The molecule has 2 heterocycles. The number of carbonyl (C=O) groups excluding carboxylic acids is 1. The Balaban J connectivity index is 0.000000970. The zero-order chi connectivity index (χ0) is 25.2. The Morgan fingerprint density at radius 1 is 0.941 bits per heavy atom. The van der Waals surface area contributed by atoms with Crippen LogP contribution in [0.3, 0.4) is 0 Å². The Bertz CT molecular complexity index is 709. The molecule has 3 aliphatic rings. The van der Waals surface area contributed by atoms with Gasteiger partial charge in [0.15, 0.2) is 0 Å². The second-order valence-electron chi connectivity index (χ2n) is 8.92. The van der Waals surface area contributed by atoms with E-state index in [2.05, 4.69) is 32.1 Å². The molecule has 8 heteroatoms. The molecule has 0 aromatic heterocycles. The number of hydrogen-bond donors (Lipinski definition) is 1. The van der Waals surface area contributed by atoms with Gasteiger partial charge in [0, 0.05) is 63.9 Å². The van der Waals surface area contributed by atoms with E-state index in [1.54, 1.807) is 0 Å². The maximum absolute atomic E-state index is 12.8. The summed E-state index contributed by atoms with van der Waals surface area (Å²) in [7, 11) is 0. The quantitative estimate of drug-likeness (QED) is 0.644. The van der Waals surface area contributed by atoms with Crippen molar-refractivity contribution in [3.05, 3.63) is 35.9 Å². The van der Waals surface area contributed by atoms with E-state index in [9.17, 15) is 18.0 Å². The van der Waals surface area contributed by atoms with Crippen molar-refractivity contribution in [3.63, 3.8) is 0 Å². The molecule has 2 saturated heterocycles. The van der Waals surface area contributed by atoms with Crippen molar-refractivity contribution in [2.75, 3.05) is 45.8 Å². The molecule has 1 aromatic carbocycles. The summed E-state index contributed by atoms with van der Waals surface area (Å²) in [5.74, 6) is -1.83. The fourth-order valence-electron chi connectivity index (χ4n) is 4.92. The fourth-order valence-corrected chi connectivity index (χ4v) is 4.92. The number of alkyl halides is 3. The summed E-state index contributed by atoms with van der Waals surface area (Å²) in [5, 5.41) is 2.20. The number of benzene rings is 1. The summed E-state index contributed by atoms with van der Waals surface area (Å²) in [5.41, 5.74) is 0.845. The van der Waals surface area contributed by atoms with Crippen LogP contribution in [-0.4, -0.2) is 84.2 Å². The van der Waals surface area contributed by atoms with Crippen LogP contribution < -0.4 is 5.32 Å². The third-order valence-corrected chi connectivity index (χ3v) is 6.92. The summed E-state index contributed by atoms with van der Waals surface area (Å²) in [6.45, 7) is 14.2. The van der Waals surface area contributed by atoms with E-state index >= 15 is 0 Å². The topological polar surface area (TPSA) is 38.8 Å². The molecule has 2 aliphatic heterocycles. The number of likely N-dealkylation sites (tertiary alicyclic amines) is 1. The highest BCUT2D eigenvalue weighted by atomic mass is 19.4. The highest BCUT2D eigenvalue weighted by molar-refractivity contribution is 5.81. The van der Waals surface area contributed by atoms with E-state index in [1.807, 2.05) is 45.9 Å². The molecule has 0 atom stereocenters. The maximum atomic E-state index is 12.8. The van der Waals surface area contributed by atoms with Crippen LogP contribution in [0.15, 0.2) is 30.3 Å². The number of halogens is 3. The summed E-state index contributed by atoms with van der Waals surface area (Å²) in [4.78, 5) is 18.7. The van der Waals surface area contributed by atoms with Gasteiger partial charge in [0.2, 0.25) is 0 Å². The summed E-state index contributed by atoms with van der Waals surface area (Å²) in [6.07, 6.45) is -0.773. The molecule has 1 aromatic rings. The molecule has 5 nitrogen and oxygen atoms in total. The predicted octanol–water partition coefficient (Wildman–Crippen LogP) is 4.53. The normalized spacial score (nSPS) is 21.5. The van der Waals surface area contributed by atoms with Crippen LogP contribution in [0, 0.1) is 0 Å². The van der Waals surface area contributed by atoms with Crippen molar-refractivity contribution in [3.8, 4) is 0 Å². The molecule has 1 amide bonds. The number of carbonyl (C=O) groups is 1. The van der Waals surface area contributed by atoms with Crippen molar-refractivity contribution < 1.29 is 18.0 Å². The minimum absolute atomic E-state index is 0.0634. The second kappa shape index (κ2) is 13.4. The van der Waals surface area contributed by atoms with Gasteiger partial charge in [-0.15, -0.1) is 0 Å². The zero-order valence-corrected chi connectivity index (χ0v) is 21.3. The standard InChI is InChI=1S/C22H31F3N4O.2C2H6/c23-22(24,25)20(30)26-17-21(29-14-12-28(13-15-29)19-6-7-19)8-10-27(11-9-21)16-18-4-2-1-3-5-18;2*1-2/h1-5,19H,6-17H2,(H,26,30);2*1-2H3. The first kappa shape index (κ1) is 28.6. The maximum Gasteiger partial charge on any atom is 0.471 e. The number of nitrogens with zero attached hydrogens (tertiary/aromatic N) is 3. The van der Waals surface area contributed by atoms with Crippen molar-refractivity contribution in [2.45, 2.75) is 77.7 Å². The summed E-state index contributed by atoms with van der Waals surface area (Å²) >= 11 is 0. The molecule has 1 N–H and O–H groups in total. The lowest BCUT2D eigenvalue weighted by Crippen LogP contribution is -2.65. The average molecular weight is 485 g/mol. The van der Waals surface area contributed by atoms with Crippen LogP contribution >= 0.6 is 0 Å². The Morgan fingerprint density at radius 2 is 1.50 bits per heavy atom. The molecule has 0 spiro atoms. The van der Waals surface area contributed by atoms with E-state index in [1.165, 1.54) is 18.4 Å². The summed E-state index contributed by atoms with van der Waals surface area (Å²) < 4.78 is 38.3. The molecule has 34 heavy (non-hydrogen) atoms. The number of amides is 1. The van der Waals surface area contributed by atoms with Crippen LogP contribution in [0.1, 0.15) is 58.9 Å². The molecule has 0 radical (unpaired) electrons. The average Bonchev–Trinajstić information content (AvgIpc) is 3.72. The third kappa shape index (κ3) is 7.95. The lowest BCUT2D eigenvalue weighted by atomic mass is 9.84. The molecule has 0 unspecified atom stereocenters. The number of nitrogens with one attached hydrogen (secondary N) is 1. The molecular formula is C26H43F3N4O. The number of piperidine rings is 1. The van der Waals surface area contributed by atoms with E-state index in [0.29, 0.717) is 6.04 Å². The van der Waals surface area contributed by atoms with Crippen LogP contribution in [0.5, 0.6) is 0 Å². The Hall–Kier alpha value is -1.64. The van der Waals surface area contributed by atoms with Crippen molar-refractivity contribution in [2.24, 2.45) is 0 Å². The van der Waals surface area contributed by atoms with Crippen LogP contribution in [0.2, 0.25) is 0 Å². The predicted molar refractivity (Wildman–Crippen MR) is 132 cm³/mol. The molecule has 1 aliphatic carbocycles. The molecule has 4 rings (SSSR count). The lowest BCUT2D eigenvalue weighted by molar-refractivity contribution is -0.174. The van der Waals surface area contributed by atoms with E-state index in [0.717, 1.165) is 58.7 Å². The van der Waals surface area contributed by atoms with Gasteiger partial charge in [-0.1, -0.05) is 58.0 Å². The SMILES string of the molecule is CC.CC.O=C(NCC1(N2CCN(C3CC3)CC2)CCN(Cc2ccccc2)CC1)C(F)(F)F. The number of rotatable bonds is 6. The minimum atomic E-state index is -4.83. The third-order valence-electron chi connectivity index (χ3n) is 6.92. The first-order chi connectivity index (χ1) is 16.4. The molecule has 3 fully saturated rings. The molecular weight excluding hydrogens is 441 g/mol. The first-order valence-electron chi connectivity index (χ1n) is 13.0. The monoisotopic (exact) mass is 484 g/mol. The molecule has 194 valence electrons. The van der Waals surface area contributed by atoms with Crippen molar-refractivity contribution in [1.82, 2.24) is 20.0 Å². The van der Waals surface area contributed by atoms with Gasteiger partial charge < -0.3 is 5.32 Å². The Kier molecular flexibility index (Phi) is 11.3. The molecule has 1 saturated carbocycles. The Morgan fingerprint density at radius 3 is 2.00 bits per heavy atom. The van der Waals surface area contributed by atoms with E-state index in [4.69, 9.17) is 0 Å². The number of hydrogen-bond acceptors (Lipinski definition) is 4. The largest absolute Gasteiger partial charge is 0.471 e. The van der Waals surface area contributed by atoms with Crippen LogP contribution in [0.25, 0.3) is 0 Å². The van der Waals surface area contributed by atoms with E-state index in [-0.39, 0.29) is 6.54 Å². The molecule has 0 bridgehead atoms. The Labute approximate surface area is 203 Å². The van der Waals surface area contributed by atoms with Crippen molar-refractivity contribution in [1.29, 1.82) is 0 Å². The van der Waals surface area contributed by atoms with Gasteiger partial charge in [-0.2, -0.15) is 13.2 Å². The first-order valence-corrected chi connectivity index (χ1v) is 13.0. The van der Waals surface area contributed by atoms with E-state index < -0.39 is 17.6 Å². The van der Waals surface area contributed by atoms with Gasteiger partial charge in [0.05, 0.1) is 0 Å². The highest BCUT2D eigenvalue weighted by Crippen LogP contribution is 2.33. The fraction of sp³-hybridized carbons (Fsp3) is 0.731. The van der Waals surface area contributed by atoms with Gasteiger partial charge in [-0.25, -0.2) is 0 Å². The smallest absolute Gasteiger partial charge is 0.346 e. The lowest BCUT2D eigenvalue weighted by Gasteiger charge is -2.51. The van der Waals surface area contributed by atoms with Gasteiger partial charge in [0.1, 0.15) is 0 Å². The second-order valence-corrected chi connectivity index (χ2v) is 8.92. The highest BCUT2D eigenvalue weighted by Gasteiger charge is 2.45.